The first kappa shape index (κ1) is 13.0. The molecule has 1 aromatic heterocycles. The van der Waals surface area contributed by atoms with E-state index >= 15 is 0 Å². The second-order valence-corrected chi connectivity index (χ2v) is 3.51. The quantitative estimate of drug-likeness (QED) is 0.610. The van der Waals surface area contributed by atoms with Crippen LogP contribution in [0.1, 0.15) is 5.56 Å². The number of aromatic nitrogens is 1. The lowest BCUT2D eigenvalue weighted by atomic mass is 10.3. The Morgan fingerprint density at radius 1 is 1.50 bits per heavy atom. The van der Waals surface area contributed by atoms with E-state index in [0.29, 0.717) is 5.56 Å². The van der Waals surface area contributed by atoms with Crippen LogP contribution in [0.3, 0.4) is 0 Å². The van der Waals surface area contributed by atoms with Crippen LogP contribution in [0.4, 0.5) is 17.6 Å². The largest absolute Gasteiger partial charge is 0.485 e. The highest BCUT2D eigenvalue weighted by atomic mass is 35.5. The van der Waals surface area contributed by atoms with Crippen molar-refractivity contribution in [1.29, 1.82) is 0 Å². The highest BCUT2D eigenvalue weighted by Crippen LogP contribution is 2.26. The van der Waals surface area contributed by atoms with Crippen molar-refractivity contribution in [2.45, 2.75) is 19.3 Å². The number of alkyl halides is 4. The van der Waals surface area contributed by atoms with E-state index in [-0.39, 0.29) is 10.9 Å². The van der Waals surface area contributed by atoms with E-state index in [0.717, 1.165) is 6.20 Å². The van der Waals surface area contributed by atoms with Crippen LogP contribution in [-0.2, 0) is 0 Å². The van der Waals surface area contributed by atoms with Gasteiger partial charge in [-0.05, 0) is 18.6 Å². The van der Waals surface area contributed by atoms with Crippen molar-refractivity contribution in [2.24, 2.45) is 0 Å². The molecule has 0 fully saturated rings. The van der Waals surface area contributed by atoms with E-state index in [4.69, 9.17) is 11.6 Å². The Labute approximate surface area is 94.2 Å². The van der Waals surface area contributed by atoms with Crippen LogP contribution in [0, 0.1) is 6.92 Å². The smallest absolute Gasteiger partial charge is 0.340 e. The minimum Gasteiger partial charge on any atom is -0.485 e. The number of rotatable bonds is 4. The van der Waals surface area contributed by atoms with Crippen molar-refractivity contribution >= 4 is 11.6 Å². The molecule has 1 rings (SSSR count). The highest BCUT2D eigenvalue weighted by Gasteiger charge is 2.41. The minimum absolute atomic E-state index is 0.00438. The molecule has 0 saturated heterocycles. The first-order chi connectivity index (χ1) is 7.33. The second kappa shape index (κ2) is 4.86. The van der Waals surface area contributed by atoms with Crippen molar-refractivity contribution in [3.8, 4) is 5.75 Å². The van der Waals surface area contributed by atoms with E-state index in [9.17, 15) is 17.6 Å². The molecule has 0 saturated carbocycles. The molecule has 90 valence electrons. The van der Waals surface area contributed by atoms with Gasteiger partial charge in [-0.2, -0.15) is 8.78 Å². The van der Waals surface area contributed by atoms with Crippen LogP contribution in [0.2, 0.25) is 5.15 Å². The summed E-state index contributed by atoms with van der Waals surface area (Å²) >= 11 is 5.52. The maximum Gasteiger partial charge on any atom is 0.340 e. The monoisotopic (exact) mass is 257 g/mol. The molecular weight excluding hydrogens is 250 g/mol. The van der Waals surface area contributed by atoms with Crippen molar-refractivity contribution in [3.05, 3.63) is 23.0 Å². The summed E-state index contributed by atoms with van der Waals surface area (Å²) in [5.41, 5.74) is 0.449. The first-order valence-corrected chi connectivity index (χ1v) is 4.61. The summed E-state index contributed by atoms with van der Waals surface area (Å²) in [6.07, 6.45) is -2.65. The Balaban J connectivity index is 2.68. The molecule has 0 aromatic carbocycles. The molecule has 0 radical (unpaired) electrons. The van der Waals surface area contributed by atoms with Gasteiger partial charge in [0.05, 0.1) is 6.20 Å². The Morgan fingerprint density at radius 2 is 2.12 bits per heavy atom. The maximum atomic E-state index is 12.5. The lowest BCUT2D eigenvalue weighted by molar-refractivity contribution is -0.148. The topological polar surface area (TPSA) is 22.1 Å². The Morgan fingerprint density at radius 3 is 2.62 bits per heavy atom. The Hall–Kier alpha value is -1.04. The van der Waals surface area contributed by atoms with Crippen LogP contribution in [0.15, 0.2) is 12.3 Å². The van der Waals surface area contributed by atoms with Gasteiger partial charge >= 0.3 is 12.3 Å². The number of ether oxygens (including phenoxy) is 1. The number of pyridine rings is 1. The van der Waals surface area contributed by atoms with Gasteiger partial charge < -0.3 is 4.74 Å². The number of aryl methyl sites for hydroxylation is 1. The zero-order valence-electron chi connectivity index (χ0n) is 8.18. The van der Waals surface area contributed by atoms with Gasteiger partial charge in [-0.15, -0.1) is 0 Å². The van der Waals surface area contributed by atoms with E-state index in [2.05, 4.69) is 9.72 Å². The average Bonchev–Trinajstić information content (AvgIpc) is 2.16. The minimum atomic E-state index is -4.17. The van der Waals surface area contributed by atoms with Crippen LogP contribution < -0.4 is 4.74 Å². The summed E-state index contributed by atoms with van der Waals surface area (Å²) in [6.45, 7) is 0.151. The van der Waals surface area contributed by atoms with Gasteiger partial charge in [0.2, 0.25) is 0 Å². The molecule has 0 aliphatic carbocycles. The summed E-state index contributed by atoms with van der Waals surface area (Å²) in [6, 6.07) is 1.39. The summed E-state index contributed by atoms with van der Waals surface area (Å²) < 4.78 is 53.2. The van der Waals surface area contributed by atoms with Crippen molar-refractivity contribution in [3.63, 3.8) is 0 Å². The van der Waals surface area contributed by atoms with Gasteiger partial charge in [0.15, 0.2) is 6.61 Å². The molecule has 0 N–H and O–H groups in total. The third-order valence-corrected chi connectivity index (χ3v) is 1.98. The lowest BCUT2D eigenvalue weighted by Crippen LogP contribution is -2.33. The highest BCUT2D eigenvalue weighted by molar-refractivity contribution is 6.29. The Bertz CT molecular complexity index is 373. The van der Waals surface area contributed by atoms with Gasteiger partial charge in [0.1, 0.15) is 10.9 Å². The maximum absolute atomic E-state index is 12.5. The van der Waals surface area contributed by atoms with Gasteiger partial charge in [-0.1, -0.05) is 11.6 Å². The third kappa shape index (κ3) is 3.23. The normalized spacial score (nSPS) is 11.9. The molecule has 0 bridgehead atoms. The SMILES string of the molecule is Cc1cc(Cl)ncc1OCC(F)(F)C(F)F. The van der Waals surface area contributed by atoms with Gasteiger partial charge in [0, 0.05) is 0 Å². The molecule has 2 nitrogen and oxygen atoms in total. The number of hydrogen-bond donors (Lipinski definition) is 0. The summed E-state index contributed by atoms with van der Waals surface area (Å²) in [4.78, 5) is 3.59. The van der Waals surface area contributed by atoms with Gasteiger partial charge in [-0.25, -0.2) is 13.8 Å². The fourth-order valence-electron chi connectivity index (χ4n) is 0.897. The predicted molar refractivity (Wildman–Crippen MR) is 50.4 cm³/mol. The summed E-state index contributed by atoms with van der Waals surface area (Å²) in [5, 5.41) is 0.172. The summed E-state index contributed by atoms with van der Waals surface area (Å²) in [7, 11) is 0. The predicted octanol–water partition coefficient (Wildman–Crippen LogP) is 3.32. The summed E-state index contributed by atoms with van der Waals surface area (Å²) in [5.74, 6) is -4.17. The fraction of sp³-hybridized carbons (Fsp3) is 0.444. The number of hydrogen-bond acceptors (Lipinski definition) is 2. The Kier molecular flexibility index (Phi) is 3.96. The molecule has 7 heteroatoms. The zero-order valence-corrected chi connectivity index (χ0v) is 8.94. The van der Waals surface area contributed by atoms with Crippen LogP contribution >= 0.6 is 11.6 Å². The average molecular weight is 258 g/mol. The second-order valence-electron chi connectivity index (χ2n) is 3.12. The van der Waals surface area contributed by atoms with Crippen LogP contribution in [0.25, 0.3) is 0 Å². The number of halogens is 5. The van der Waals surface area contributed by atoms with Crippen molar-refractivity contribution < 1.29 is 22.3 Å². The van der Waals surface area contributed by atoms with E-state index < -0.39 is 19.0 Å². The van der Waals surface area contributed by atoms with Crippen molar-refractivity contribution in [2.75, 3.05) is 6.61 Å². The van der Waals surface area contributed by atoms with E-state index in [1.165, 1.54) is 6.07 Å². The zero-order chi connectivity index (χ0) is 12.3. The van der Waals surface area contributed by atoms with E-state index in [1.54, 1.807) is 6.92 Å². The van der Waals surface area contributed by atoms with Gasteiger partial charge in [-0.3, -0.25) is 0 Å². The molecule has 16 heavy (non-hydrogen) atoms. The molecule has 0 amide bonds. The van der Waals surface area contributed by atoms with E-state index in [1.807, 2.05) is 0 Å². The molecular formula is C9H8ClF4NO. The van der Waals surface area contributed by atoms with Crippen LogP contribution in [0.5, 0.6) is 5.75 Å². The molecule has 0 spiro atoms. The molecule has 1 heterocycles. The molecule has 0 aliphatic rings. The molecule has 1 aromatic rings. The molecule has 0 unspecified atom stereocenters. The molecule has 0 aliphatic heterocycles. The fourth-order valence-corrected chi connectivity index (χ4v) is 1.11. The van der Waals surface area contributed by atoms with Crippen molar-refractivity contribution in [1.82, 2.24) is 4.98 Å². The third-order valence-electron chi connectivity index (χ3n) is 1.77. The van der Waals surface area contributed by atoms with Gasteiger partial charge in [0.25, 0.3) is 0 Å². The number of nitrogens with zero attached hydrogens (tertiary/aromatic N) is 1. The van der Waals surface area contributed by atoms with Crippen LogP contribution in [-0.4, -0.2) is 23.9 Å². The first-order valence-electron chi connectivity index (χ1n) is 4.24. The standard InChI is InChI=1S/C9H8ClF4NO/c1-5-2-7(10)15-3-6(5)16-4-9(13,14)8(11)12/h2-3,8H,4H2,1H3. The molecule has 0 atom stereocenters. The lowest BCUT2D eigenvalue weighted by Gasteiger charge is -2.16.